The van der Waals surface area contributed by atoms with E-state index in [9.17, 15) is 19.8 Å². The van der Waals surface area contributed by atoms with Crippen LogP contribution in [-0.4, -0.2) is 47.1 Å². The topological polar surface area (TPSA) is 87.1 Å². The Morgan fingerprint density at radius 3 is 2.31 bits per heavy atom. The molecule has 1 unspecified atom stereocenters. The zero-order chi connectivity index (χ0) is 18.7. The maximum Gasteiger partial charge on any atom is 0.295 e. The number of aliphatic hydroxyl groups excluding tert-OH is 2. The van der Waals surface area contributed by atoms with Crippen molar-refractivity contribution in [3.63, 3.8) is 0 Å². The largest absolute Gasteiger partial charge is 0.507 e. The number of methoxy groups -OCH3 is 1. The van der Waals surface area contributed by atoms with Crippen LogP contribution in [0.1, 0.15) is 17.2 Å². The molecule has 1 atom stereocenters. The van der Waals surface area contributed by atoms with Crippen molar-refractivity contribution in [3.05, 3.63) is 71.3 Å². The van der Waals surface area contributed by atoms with Gasteiger partial charge in [-0.3, -0.25) is 9.59 Å². The van der Waals surface area contributed by atoms with Crippen molar-refractivity contribution in [2.24, 2.45) is 0 Å². The van der Waals surface area contributed by atoms with Gasteiger partial charge in [0.15, 0.2) is 0 Å². The fourth-order valence-electron chi connectivity index (χ4n) is 3.10. The molecule has 1 saturated heterocycles. The van der Waals surface area contributed by atoms with Crippen LogP contribution < -0.4 is 4.74 Å². The van der Waals surface area contributed by atoms with E-state index in [1.165, 1.54) is 4.90 Å². The summed E-state index contributed by atoms with van der Waals surface area (Å²) in [5, 5.41) is 20.0. The highest BCUT2D eigenvalue weighted by Crippen LogP contribution is 2.39. The van der Waals surface area contributed by atoms with Crippen LogP contribution in [0.5, 0.6) is 5.75 Å². The molecule has 1 heterocycles. The normalized spacial score (nSPS) is 19.0. The van der Waals surface area contributed by atoms with Crippen molar-refractivity contribution >= 4 is 17.4 Å². The standard InChI is InChI=1S/C20H19NO5/c1-26-15-9-7-13(8-10-15)17-16(18(23)14-5-3-2-4-6-14)19(24)20(25)21(17)11-12-22/h2-10,17,22-23H,11-12H2,1H3/b18-16+. The number of benzene rings is 2. The lowest BCUT2D eigenvalue weighted by molar-refractivity contribution is -0.140. The Morgan fingerprint density at radius 2 is 1.73 bits per heavy atom. The highest BCUT2D eigenvalue weighted by atomic mass is 16.5. The Kier molecular flexibility index (Phi) is 5.04. The number of carbonyl (C=O) groups excluding carboxylic acids is 2. The fraction of sp³-hybridized carbons (Fsp3) is 0.200. The first-order chi connectivity index (χ1) is 12.6. The van der Waals surface area contributed by atoms with Crippen molar-refractivity contribution in [1.29, 1.82) is 0 Å². The smallest absolute Gasteiger partial charge is 0.295 e. The number of hydrogen-bond acceptors (Lipinski definition) is 5. The maximum absolute atomic E-state index is 12.6. The van der Waals surface area contributed by atoms with Crippen molar-refractivity contribution < 1.29 is 24.5 Å². The summed E-state index contributed by atoms with van der Waals surface area (Å²) in [7, 11) is 1.54. The number of amides is 1. The van der Waals surface area contributed by atoms with Gasteiger partial charge in [-0.05, 0) is 17.7 Å². The van der Waals surface area contributed by atoms with E-state index in [0.717, 1.165) is 0 Å². The lowest BCUT2D eigenvalue weighted by Gasteiger charge is -2.24. The van der Waals surface area contributed by atoms with Gasteiger partial charge in [-0.1, -0.05) is 42.5 Å². The average molecular weight is 353 g/mol. The lowest BCUT2D eigenvalue weighted by atomic mass is 9.95. The molecule has 0 saturated carbocycles. The Morgan fingerprint density at radius 1 is 1.08 bits per heavy atom. The van der Waals surface area contributed by atoms with E-state index in [1.807, 2.05) is 0 Å². The molecule has 3 rings (SSSR count). The van der Waals surface area contributed by atoms with Crippen molar-refractivity contribution in [2.45, 2.75) is 6.04 Å². The number of hydrogen-bond donors (Lipinski definition) is 2. The summed E-state index contributed by atoms with van der Waals surface area (Å²) in [5.74, 6) is -1.10. The summed E-state index contributed by atoms with van der Waals surface area (Å²) >= 11 is 0. The number of Topliss-reactive ketones (excluding diaryl/α,β-unsaturated/α-hetero) is 1. The minimum atomic E-state index is -0.770. The number of ether oxygens (including phenoxy) is 1. The second kappa shape index (κ2) is 7.41. The second-order valence-corrected chi connectivity index (χ2v) is 5.86. The maximum atomic E-state index is 12.6. The number of β-amino-alcohol motifs (C(OH)–C–C–N with tert-alkyl or cyclic N) is 1. The highest BCUT2D eigenvalue weighted by Gasteiger charge is 2.45. The minimum absolute atomic E-state index is 0.00710. The van der Waals surface area contributed by atoms with E-state index in [0.29, 0.717) is 16.9 Å². The summed E-state index contributed by atoms with van der Waals surface area (Å²) < 4.78 is 5.14. The molecule has 0 spiro atoms. The van der Waals surface area contributed by atoms with Gasteiger partial charge in [-0.25, -0.2) is 0 Å². The van der Waals surface area contributed by atoms with E-state index < -0.39 is 17.7 Å². The van der Waals surface area contributed by atoms with Crippen LogP contribution in [0.25, 0.3) is 5.76 Å². The summed E-state index contributed by atoms with van der Waals surface area (Å²) in [4.78, 5) is 26.3. The van der Waals surface area contributed by atoms with Crippen LogP contribution in [0.15, 0.2) is 60.2 Å². The number of ketones is 1. The van der Waals surface area contributed by atoms with Crippen LogP contribution >= 0.6 is 0 Å². The van der Waals surface area contributed by atoms with E-state index in [2.05, 4.69) is 0 Å². The van der Waals surface area contributed by atoms with Crippen molar-refractivity contribution in [3.8, 4) is 5.75 Å². The van der Waals surface area contributed by atoms with Crippen LogP contribution in [0.2, 0.25) is 0 Å². The number of aliphatic hydroxyl groups is 2. The van der Waals surface area contributed by atoms with Gasteiger partial charge in [0, 0.05) is 12.1 Å². The van der Waals surface area contributed by atoms with Crippen LogP contribution in [-0.2, 0) is 9.59 Å². The first kappa shape index (κ1) is 17.7. The van der Waals surface area contributed by atoms with E-state index in [4.69, 9.17) is 4.74 Å². The molecule has 6 heteroatoms. The molecule has 6 nitrogen and oxygen atoms in total. The fourth-order valence-corrected chi connectivity index (χ4v) is 3.10. The molecule has 0 radical (unpaired) electrons. The molecule has 2 aromatic carbocycles. The summed E-state index contributed by atoms with van der Waals surface area (Å²) in [6.45, 7) is -0.294. The van der Waals surface area contributed by atoms with Gasteiger partial charge >= 0.3 is 0 Å². The predicted octanol–water partition coefficient (Wildman–Crippen LogP) is 2.11. The molecule has 1 aliphatic rings. The molecule has 1 aliphatic heterocycles. The van der Waals surface area contributed by atoms with Gasteiger partial charge in [-0.15, -0.1) is 0 Å². The molecular weight excluding hydrogens is 334 g/mol. The average Bonchev–Trinajstić information content (AvgIpc) is 2.93. The Balaban J connectivity index is 2.15. The van der Waals surface area contributed by atoms with Crippen molar-refractivity contribution in [2.75, 3.05) is 20.3 Å². The second-order valence-electron chi connectivity index (χ2n) is 5.86. The molecular formula is C20H19NO5. The van der Waals surface area contributed by atoms with Crippen LogP contribution in [0.4, 0.5) is 0 Å². The monoisotopic (exact) mass is 353 g/mol. The number of nitrogens with zero attached hydrogens (tertiary/aromatic N) is 1. The van der Waals surface area contributed by atoms with E-state index in [1.54, 1.807) is 61.7 Å². The Bertz CT molecular complexity index is 842. The molecule has 134 valence electrons. The highest BCUT2D eigenvalue weighted by molar-refractivity contribution is 6.46. The zero-order valence-electron chi connectivity index (χ0n) is 14.3. The molecule has 0 bridgehead atoms. The molecule has 1 fully saturated rings. The Labute approximate surface area is 150 Å². The van der Waals surface area contributed by atoms with Gasteiger partial charge in [0.25, 0.3) is 11.7 Å². The van der Waals surface area contributed by atoms with Gasteiger partial charge in [0.1, 0.15) is 11.5 Å². The molecule has 0 aromatic heterocycles. The van der Waals surface area contributed by atoms with Crippen LogP contribution in [0.3, 0.4) is 0 Å². The minimum Gasteiger partial charge on any atom is -0.507 e. The third-order valence-corrected chi connectivity index (χ3v) is 4.36. The van der Waals surface area contributed by atoms with Gasteiger partial charge in [0.05, 0.1) is 25.3 Å². The quantitative estimate of drug-likeness (QED) is 0.488. The molecule has 26 heavy (non-hydrogen) atoms. The number of rotatable bonds is 5. The van der Waals surface area contributed by atoms with E-state index in [-0.39, 0.29) is 24.5 Å². The van der Waals surface area contributed by atoms with Crippen molar-refractivity contribution in [1.82, 2.24) is 4.90 Å². The molecule has 2 aromatic rings. The third-order valence-electron chi connectivity index (χ3n) is 4.36. The summed E-state index contributed by atoms with van der Waals surface area (Å²) in [5.41, 5.74) is 1.11. The third kappa shape index (κ3) is 3.07. The Hall–Kier alpha value is -3.12. The van der Waals surface area contributed by atoms with Gasteiger partial charge in [0.2, 0.25) is 0 Å². The van der Waals surface area contributed by atoms with Gasteiger partial charge in [-0.2, -0.15) is 0 Å². The molecule has 2 N–H and O–H groups in total. The zero-order valence-corrected chi connectivity index (χ0v) is 14.3. The molecule has 1 amide bonds. The summed E-state index contributed by atoms with van der Waals surface area (Å²) in [6, 6.07) is 14.7. The van der Waals surface area contributed by atoms with Gasteiger partial charge < -0.3 is 19.8 Å². The van der Waals surface area contributed by atoms with E-state index >= 15 is 0 Å². The first-order valence-electron chi connectivity index (χ1n) is 8.17. The number of carbonyl (C=O) groups is 2. The molecule has 0 aliphatic carbocycles. The van der Waals surface area contributed by atoms with Crippen LogP contribution in [0, 0.1) is 0 Å². The predicted molar refractivity (Wildman–Crippen MR) is 95.5 cm³/mol. The SMILES string of the molecule is COc1ccc(C2/C(=C(\O)c3ccccc3)C(=O)C(=O)N2CCO)cc1. The number of likely N-dealkylation sites (tertiary alicyclic amines) is 1. The summed E-state index contributed by atoms with van der Waals surface area (Å²) in [6.07, 6.45) is 0. The lowest BCUT2D eigenvalue weighted by Crippen LogP contribution is -2.32. The first-order valence-corrected chi connectivity index (χ1v) is 8.17.